The minimum atomic E-state index is -0.188. The second-order valence-electron chi connectivity index (χ2n) is 7.21. The van der Waals surface area contributed by atoms with Crippen molar-refractivity contribution >= 4 is 34.5 Å². The van der Waals surface area contributed by atoms with Gasteiger partial charge in [-0.25, -0.2) is 14.6 Å². The standard InChI is InChI=1S/C18H24N6O2/c1-11-10-19-9-8-13(11)20-14-7-6-12-17(21-14)23(2)22-18(12)24-15(25)4-3-5-16(24)26/h6-7,11,13,19H,3-5,8-10H2,1-2H3,(H,20,21)/t11-,13-/m1/s1. The fourth-order valence-corrected chi connectivity index (χ4v) is 3.77. The van der Waals surface area contributed by atoms with Gasteiger partial charge in [0.25, 0.3) is 0 Å². The topological polar surface area (TPSA) is 92.1 Å². The van der Waals surface area contributed by atoms with Crippen LogP contribution in [0.2, 0.25) is 0 Å². The van der Waals surface area contributed by atoms with Gasteiger partial charge >= 0.3 is 0 Å². The largest absolute Gasteiger partial charge is 0.367 e. The van der Waals surface area contributed by atoms with E-state index in [1.807, 2.05) is 12.1 Å². The molecule has 26 heavy (non-hydrogen) atoms. The van der Waals surface area contributed by atoms with Crippen LogP contribution in [0.25, 0.3) is 11.0 Å². The number of piperidine rings is 2. The number of hydrogen-bond donors (Lipinski definition) is 2. The molecular formula is C18H24N6O2. The Morgan fingerprint density at radius 1 is 1.23 bits per heavy atom. The van der Waals surface area contributed by atoms with Crippen LogP contribution in [-0.2, 0) is 16.6 Å². The predicted molar refractivity (Wildman–Crippen MR) is 98.9 cm³/mol. The Morgan fingerprint density at radius 3 is 2.73 bits per heavy atom. The van der Waals surface area contributed by atoms with Gasteiger partial charge in [0, 0.05) is 25.9 Å². The SMILES string of the molecule is C[C@@H]1CNCC[C@H]1Nc1ccc2c(N3C(=O)CCCC3=O)nn(C)c2n1. The van der Waals surface area contributed by atoms with Crippen LogP contribution in [0.5, 0.6) is 0 Å². The third-order valence-corrected chi connectivity index (χ3v) is 5.28. The van der Waals surface area contributed by atoms with Crippen molar-refractivity contribution in [2.24, 2.45) is 13.0 Å². The molecule has 2 aromatic rings. The summed E-state index contributed by atoms with van der Waals surface area (Å²) in [5.74, 6) is 1.33. The Kier molecular flexibility index (Phi) is 4.36. The number of carbonyl (C=O) groups excluding carboxylic acids is 2. The maximum atomic E-state index is 12.2. The molecule has 0 radical (unpaired) electrons. The molecule has 8 heteroatoms. The molecule has 4 heterocycles. The minimum Gasteiger partial charge on any atom is -0.367 e. The fourth-order valence-electron chi connectivity index (χ4n) is 3.77. The van der Waals surface area contributed by atoms with Crippen molar-refractivity contribution in [2.75, 3.05) is 23.3 Å². The van der Waals surface area contributed by atoms with Crippen molar-refractivity contribution in [3.63, 3.8) is 0 Å². The normalized spacial score (nSPS) is 24.3. The molecule has 0 bridgehead atoms. The number of amides is 2. The molecule has 2 aliphatic heterocycles. The van der Waals surface area contributed by atoms with E-state index in [1.54, 1.807) is 11.7 Å². The van der Waals surface area contributed by atoms with Crippen LogP contribution in [0.4, 0.5) is 11.6 Å². The van der Waals surface area contributed by atoms with Crippen molar-refractivity contribution in [3.05, 3.63) is 12.1 Å². The van der Waals surface area contributed by atoms with Gasteiger partial charge in [0.1, 0.15) is 5.82 Å². The van der Waals surface area contributed by atoms with Crippen LogP contribution < -0.4 is 15.5 Å². The fraction of sp³-hybridized carbons (Fsp3) is 0.556. The lowest BCUT2D eigenvalue weighted by Crippen LogP contribution is -2.42. The van der Waals surface area contributed by atoms with E-state index < -0.39 is 0 Å². The molecule has 8 nitrogen and oxygen atoms in total. The summed E-state index contributed by atoms with van der Waals surface area (Å²) in [5.41, 5.74) is 0.665. The smallest absolute Gasteiger partial charge is 0.235 e. The Hall–Kier alpha value is -2.48. The van der Waals surface area contributed by atoms with E-state index in [-0.39, 0.29) is 11.8 Å². The first-order valence-electron chi connectivity index (χ1n) is 9.21. The third kappa shape index (κ3) is 2.94. The molecular weight excluding hydrogens is 332 g/mol. The summed E-state index contributed by atoms with van der Waals surface area (Å²) in [6.45, 7) is 4.21. The van der Waals surface area contributed by atoms with Gasteiger partial charge in [-0.3, -0.25) is 9.59 Å². The highest BCUT2D eigenvalue weighted by Crippen LogP contribution is 2.29. The summed E-state index contributed by atoms with van der Waals surface area (Å²) in [6.07, 6.45) is 2.42. The molecule has 0 unspecified atom stereocenters. The van der Waals surface area contributed by atoms with Gasteiger partial charge in [-0.15, -0.1) is 0 Å². The van der Waals surface area contributed by atoms with E-state index in [0.29, 0.717) is 42.7 Å². The first-order chi connectivity index (χ1) is 12.5. The predicted octanol–water partition coefficient (Wildman–Crippen LogP) is 1.42. The number of carbonyl (C=O) groups is 2. The number of nitrogens with zero attached hydrogens (tertiary/aromatic N) is 4. The maximum Gasteiger partial charge on any atom is 0.235 e. The number of anilines is 2. The van der Waals surface area contributed by atoms with E-state index in [1.165, 1.54) is 4.90 Å². The Balaban J connectivity index is 1.66. The quantitative estimate of drug-likeness (QED) is 0.808. The van der Waals surface area contributed by atoms with Crippen LogP contribution in [-0.4, -0.2) is 45.7 Å². The maximum absolute atomic E-state index is 12.2. The van der Waals surface area contributed by atoms with Crippen molar-refractivity contribution in [3.8, 4) is 0 Å². The number of fused-ring (bicyclic) bond motifs is 1. The van der Waals surface area contributed by atoms with E-state index in [4.69, 9.17) is 0 Å². The number of aromatic nitrogens is 3. The number of hydrogen-bond acceptors (Lipinski definition) is 6. The average molecular weight is 356 g/mol. The number of pyridine rings is 1. The first-order valence-corrected chi connectivity index (χ1v) is 9.21. The van der Waals surface area contributed by atoms with Gasteiger partial charge in [-0.1, -0.05) is 6.92 Å². The zero-order valence-corrected chi connectivity index (χ0v) is 15.2. The van der Waals surface area contributed by atoms with Crippen LogP contribution in [0, 0.1) is 5.92 Å². The molecule has 2 N–H and O–H groups in total. The lowest BCUT2D eigenvalue weighted by atomic mass is 9.95. The molecule has 2 atom stereocenters. The Morgan fingerprint density at radius 2 is 2.00 bits per heavy atom. The number of rotatable bonds is 3. The lowest BCUT2D eigenvalue weighted by Gasteiger charge is -2.30. The van der Waals surface area contributed by atoms with Gasteiger partial charge in [-0.05, 0) is 44.0 Å². The number of aryl methyl sites for hydroxylation is 1. The molecule has 2 saturated heterocycles. The lowest BCUT2D eigenvalue weighted by molar-refractivity contribution is -0.129. The van der Waals surface area contributed by atoms with E-state index in [0.717, 1.165) is 30.7 Å². The zero-order chi connectivity index (χ0) is 18.3. The van der Waals surface area contributed by atoms with E-state index in [2.05, 4.69) is 27.6 Å². The third-order valence-electron chi connectivity index (χ3n) is 5.28. The van der Waals surface area contributed by atoms with Gasteiger partial charge in [-0.2, -0.15) is 5.10 Å². The van der Waals surface area contributed by atoms with Gasteiger partial charge in [0.15, 0.2) is 11.5 Å². The first kappa shape index (κ1) is 17.0. The van der Waals surface area contributed by atoms with E-state index in [9.17, 15) is 9.59 Å². The summed E-state index contributed by atoms with van der Waals surface area (Å²) >= 11 is 0. The average Bonchev–Trinajstić information content (AvgIpc) is 2.93. The highest BCUT2D eigenvalue weighted by Gasteiger charge is 2.31. The van der Waals surface area contributed by atoms with Crippen LogP contribution in [0.15, 0.2) is 12.1 Å². The Bertz CT molecular complexity index is 845. The molecule has 0 spiro atoms. The van der Waals surface area contributed by atoms with Crippen molar-refractivity contribution in [1.29, 1.82) is 0 Å². The summed E-state index contributed by atoms with van der Waals surface area (Å²) < 4.78 is 1.64. The van der Waals surface area contributed by atoms with Crippen molar-refractivity contribution in [2.45, 2.75) is 38.6 Å². The summed E-state index contributed by atoms with van der Waals surface area (Å²) in [5, 5.41) is 12.0. The van der Waals surface area contributed by atoms with Gasteiger partial charge < -0.3 is 10.6 Å². The molecule has 138 valence electrons. The second-order valence-corrected chi connectivity index (χ2v) is 7.21. The summed E-state index contributed by atoms with van der Waals surface area (Å²) in [4.78, 5) is 30.4. The van der Waals surface area contributed by atoms with Crippen LogP contribution >= 0.6 is 0 Å². The number of nitrogens with one attached hydrogen (secondary N) is 2. The molecule has 0 aliphatic carbocycles. The van der Waals surface area contributed by atoms with Crippen LogP contribution in [0.3, 0.4) is 0 Å². The molecule has 2 aromatic heterocycles. The molecule has 0 saturated carbocycles. The second kappa shape index (κ2) is 6.68. The van der Waals surface area contributed by atoms with Crippen molar-refractivity contribution in [1.82, 2.24) is 20.1 Å². The summed E-state index contributed by atoms with van der Waals surface area (Å²) in [6, 6.07) is 4.17. The Labute approximate surface area is 151 Å². The van der Waals surface area contributed by atoms with Crippen LogP contribution in [0.1, 0.15) is 32.6 Å². The zero-order valence-electron chi connectivity index (χ0n) is 15.2. The molecule has 0 aromatic carbocycles. The number of imide groups is 1. The molecule has 2 amide bonds. The monoisotopic (exact) mass is 356 g/mol. The molecule has 2 fully saturated rings. The molecule has 2 aliphatic rings. The van der Waals surface area contributed by atoms with Gasteiger partial charge in [0.2, 0.25) is 11.8 Å². The highest BCUT2D eigenvalue weighted by atomic mass is 16.2. The van der Waals surface area contributed by atoms with Gasteiger partial charge in [0.05, 0.1) is 5.39 Å². The summed E-state index contributed by atoms with van der Waals surface area (Å²) in [7, 11) is 1.79. The molecule has 4 rings (SSSR count). The van der Waals surface area contributed by atoms with Crippen molar-refractivity contribution < 1.29 is 9.59 Å². The minimum absolute atomic E-state index is 0.188. The highest BCUT2D eigenvalue weighted by molar-refractivity contribution is 6.19. The van der Waals surface area contributed by atoms with E-state index >= 15 is 0 Å².